The van der Waals surface area contributed by atoms with Crippen molar-refractivity contribution in [3.05, 3.63) is 33.6 Å². The Hall–Kier alpha value is -0.800. The van der Waals surface area contributed by atoms with Crippen molar-refractivity contribution in [2.24, 2.45) is 0 Å². The third-order valence-corrected chi connectivity index (χ3v) is 2.30. The molecule has 0 amide bonds. The fourth-order valence-corrected chi connectivity index (χ4v) is 1.19. The second-order valence-corrected chi connectivity index (χ2v) is 2.97. The highest BCUT2D eigenvalue weighted by molar-refractivity contribution is 6.43. The Morgan fingerprint density at radius 1 is 1.38 bits per heavy atom. The Bertz CT molecular complexity index is 352. The maximum absolute atomic E-state index is 12.8. The summed E-state index contributed by atoms with van der Waals surface area (Å²) >= 11 is 11.1. The normalized spacial score (nSPS) is 9.85. The van der Waals surface area contributed by atoms with E-state index in [-0.39, 0.29) is 15.6 Å². The van der Waals surface area contributed by atoms with E-state index < -0.39 is 11.8 Å². The van der Waals surface area contributed by atoms with E-state index in [1.165, 1.54) is 13.2 Å². The van der Waals surface area contributed by atoms with Gasteiger partial charge < -0.3 is 4.74 Å². The number of methoxy groups -OCH3 is 1. The Balaban J connectivity index is 3.26. The molecule has 0 bridgehead atoms. The van der Waals surface area contributed by atoms with Gasteiger partial charge in [-0.25, -0.2) is 9.18 Å². The lowest BCUT2D eigenvalue weighted by Gasteiger charge is -2.03. The van der Waals surface area contributed by atoms with Crippen LogP contribution in [0.15, 0.2) is 12.1 Å². The van der Waals surface area contributed by atoms with E-state index >= 15 is 0 Å². The molecule has 2 nitrogen and oxygen atoms in total. The summed E-state index contributed by atoms with van der Waals surface area (Å²) in [5, 5.41) is -0.405. The molecule has 0 aromatic heterocycles. The van der Waals surface area contributed by atoms with Crippen LogP contribution in [0.25, 0.3) is 0 Å². The Kier molecular flexibility index (Phi) is 3.12. The van der Waals surface area contributed by atoms with E-state index in [9.17, 15) is 9.18 Å². The molecule has 1 rings (SSSR count). The maximum Gasteiger partial charge on any atom is 0.339 e. The molecule has 0 atom stereocenters. The number of esters is 1. The molecule has 13 heavy (non-hydrogen) atoms. The highest BCUT2D eigenvalue weighted by atomic mass is 35.5. The molecule has 0 saturated heterocycles. The van der Waals surface area contributed by atoms with Crippen LogP contribution in [0.5, 0.6) is 0 Å². The Morgan fingerprint density at radius 2 is 2.00 bits per heavy atom. The quantitative estimate of drug-likeness (QED) is 0.540. The molecule has 0 radical (unpaired) electrons. The van der Waals surface area contributed by atoms with Crippen LogP contribution >= 0.6 is 23.2 Å². The van der Waals surface area contributed by atoms with Crippen molar-refractivity contribution >= 4 is 29.2 Å². The van der Waals surface area contributed by atoms with Crippen molar-refractivity contribution in [2.45, 2.75) is 0 Å². The number of halogens is 3. The average Bonchev–Trinajstić information content (AvgIpc) is 2.13. The predicted molar refractivity (Wildman–Crippen MR) is 47.8 cm³/mol. The molecule has 1 aromatic carbocycles. The van der Waals surface area contributed by atoms with Crippen molar-refractivity contribution in [3.8, 4) is 0 Å². The van der Waals surface area contributed by atoms with Gasteiger partial charge >= 0.3 is 5.97 Å². The number of rotatable bonds is 1. The van der Waals surface area contributed by atoms with Gasteiger partial charge in [-0.05, 0) is 12.1 Å². The zero-order chi connectivity index (χ0) is 10.0. The summed E-state index contributed by atoms with van der Waals surface area (Å²) in [5.41, 5.74) is 0.0515. The Labute approximate surface area is 84.2 Å². The largest absolute Gasteiger partial charge is 0.465 e. The van der Waals surface area contributed by atoms with Crippen LogP contribution in [-0.2, 0) is 4.74 Å². The summed E-state index contributed by atoms with van der Waals surface area (Å²) < 4.78 is 17.2. The van der Waals surface area contributed by atoms with Crippen LogP contribution in [0.2, 0.25) is 10.0 Å². The van der Waals surface area contributed by atoms with Crippen LogP contribution < -0.4 is 0 Å². The Morgan fingerprint density at radius 3 is 2.54 bits per heavy atom. The molecule has 0 aliphatic heterocycles. The van der Waals surface area contributed by atoms with Crippen LogP contribution in [-0.4, -0.2) is 13.1 Å². The van der Waals surface area contributed by atoms with E-state index in [0.29, 0.717) is 0 Å². The highest BCUT2D eigenvalue weighted by Crippen LogP contribution is 2.28. The first-order valence-corrected chi connectivity index (χ1v) is 4.05. The molecule has 70 valence electrons. The van der Waals surface area contributed by atoms with Gasteiger partial charge in [0.2, 0.25) is 0 Å². The first-order valence-electron chi connectivity index (χ1n) is 3.29. The van der Waals surface area contributed by atoms with Crippen molar-refractivity contribution in [2.75, 3.05) is 7.11 Å². The van der Waals surface area contributed by atoms with Gasteiger partial charge in [-0.1, -0.05) is 23.2 Å². The topological polar surface area (TPSA) is 26.3 Å². The predicted octanol–water partition coefficient (Wildman–Crippen LogP) is 2.92. The van der Waals surface area contributed by atoms with Gasteiger partial charge in [0.15, 0.2) is 0 Å². The summed E-state index contributed by atoms with van der Waals surface area (Å²) in [6.45, 7) is 0. The molecule has 0 aliphatic carbocycles. The molecule has 0 spiro atoms. The third kappa shape index (κ3) is 1.92. The minimum Gasteiger partial charge on any atom is -0.465 e. The molecule has 0 unspecified atom stereocenters. The summed E-state index contributed by atoms with van der Waals surface area (Å²) in [5.74, 6) is -1.31. The van der Waals surface area contributed by atoms with Crippen LogP contribution in [0.4, 0.5) is 4.39 Å². The van der Waals surface area contributed by atoms with Crippen molar-refractivity contribution in [1.82, 2.24) is 0 Å². The summed E-state index contributed by atoms with van der Waals surface area (Å²) in [6.07, 6.45) is 0. The zero-order valence-corrected chi connectivity index (χ0v) is 8.12. The number of hydrogen-bond donors (Lipinski definition) is 0. The fraction of sp³-hybridized carbons (Fsp3) is 0.125. The van der Waals surface area contributed by atoms with E-state index in [1.807, 2.05) is 0 Å². The number of carbonyl (C=O) groups excluding carboxylic acids is 1. The summed E-state index contributed by atoms with van der Waals surface area (Å²) in [4.78, 5) is 11.0. The minimum atomic E-state index is -0.667. The van der Waals surface area contributed by atoms with E-state index in [0.717, 1.165) is 6.07 Å². The molecule has 0 N–H and O–H groups in total. The van der Waals surface area contributed by atoms with E-state index in [4.69, 9.17) is 23.2 Å². The van der Waals surface area contributed by atoms with Crippen molar-refractivity contribution in [1.29, 1.82) is 0 Å². The molecular weight excluding hydrogens is 218 g/mol. The molecule has 5 heteroatoms. The van der Waals surface area contributed by atoms with Crippen LogP contribution in [0, 0.1) is 5.82 Å². The van der Waals surface area contributed by atoms with Gasteiger partial charge in [0.1, 0.15) is 5.82 Å². The van der Waals surface area contributed by atoms with Crippen molar-refractivity contribution < 1.29 is 13.9 Å². The second-order valence-electron chi connectivity index (χ2n) is 2.21. The van der Waals surface area contributed by atoms with Gasteiger partial charge in [0.25, 0.3) is 0 Å². The molecule has 1 aromatic rings. The lowest BCUT2D eigenvalue weighted by Crippen LogP contribution is -2.02. The maximum atomic E-state index is 12.8. The lowest BCUT2D eigenvalue weighted by atomic mass is 10.2. The van der Waals surface area contributed by atoms with Gasteiger partial charge in [0.05, 0.1) is 22.7 Å². The highest BCUT2D eigenvalue weighted by Gasteiger charge is 2.15. The van der Waals surface area contributed by atoms with Crippen LogP contribution in [0.1, 0.15) is 10.4 Å². The number of carbonyl (C=O) groups is 1. The zero-order valence-electron chi connectivity index (χ0n) is 6.61. The first-order chi connectivity index (χ1) is 6.07. The van der Waals surface area contributed by atoms with Gasteiger partial charge in [-0.3, -0.25) is 0 Å². The van der Waals surface area contributed by atoms with Gasteiger partial charge in [-0.2, -0.15) is 0 Å². The van der Waals surface area contributed by atoms with Crippen LogP contribution in [0.3, 0.4) is 0 Å². The fourth-order valence-electron chi connectivity index (χ4n) is 0.794. The molecule has 0 aliphatic rings. The lowest BCUT2D eigenvalue weighted by molar-refractivity contribution is 0.0601. The number of ether oxygens (including phenoxy) is 1. The standard InChI is InChI=1S/C8H5Cl2FO2/c1-13-8(12)4-2-3-5(11)7(10)6(4)9/h2-3H,1H3. The first kappa shape index (κ1) is 10.3. The van der Waals surface area contributed by atoms with Gasteiger partial charge in [-0.15, -0.1) is 0 Å². The van der Waals surface area contributed by atoms with Gasteiger partial charge in [0, 0.05) is 0 Å². The molecule has 0 saturated carbocycles. The second kappa shape index (κ2) is 3.94. The van der Waals surface area contributed by atoms with E-state index in [2.05, 4.69) is 4.74 Å². The smallest absolute Gasteiger partial charge is 0.339 e. The minimum absolute atomic E-state index is 0.0515. The molecular formula is C8H5Cl2FO2. The number of benzene rings is 1. The number of hydrogen-bond acceptors (Lipinski definition) is 2. The monoisotopic (exact) mass is 222 g/mol. The molecule has 0 fully saturated rings. The van der Waals surface area contributed by atoms with E-state index in [1.54, 1.807) is 0 Å². The van der Waals surface area contributed by atoms with Crippen molar-refractivity contribution in [3.63, 3.8) is 0 Å². The average molecular weight is 223 g/mol. The summed E-state index contributed by atoms with van der Waals surface area (Å²) in [6, 6.07) is 2.27. The molecule has 0 heterocycles. The summed E-state index contributed by atoms with van der Waals surface area (Å²) in [7, 11) is 1.20. The SMILES string of the molecule is COC(=O)c1ccc(F)c(Cl)c1Cl. The third-order valence-electron chi connectivity index (χ3n) is 1.44.